The van der Waals surface area contributed by atoms with Crippen molar-refractivity contribution < 1.29 is 4.42 Å². The molecule has 0 atom stereocenters. The summed E-state index contributed by atoms with van der Waals surface area (Å²) < 4.78 is 6.38. The number of rotatable bonds is 4. The van der Waals surface area contributed by atoms with Gasteiger partial charge in [0, 0.05) is 23.2 Å². The minimum absolute atomic E-state index is 0.694. The van der Waals surface area contributed by atoms with Gasteiger partial charge in [-0.1, -0.05) is 23.7 Å². The average Bonchev–Trinajstić information content (AvgIpc) is 3.09. The van der Waals surface area contributed by atoms with E-state index in [2.05, 4.69) is 27.3 Å². The van der Waals surface area contributed by atoms with Gasteiger partial charge >= 0.3 is 0 Å². The SMILES string of the molecule is Clc1cc(-c2occc2Br)ccc1CNC1CC1. The van der Waals surface area contributed by atoms with Crippen molar-refractivity contribution in [2.75, 3.05) is 0 Å². The lowest BCUT2D eigenvalue weighted by atomic mass is 10.1. The summed E-state index contributed by atoms with van der Waals surface area (Å²) in [6.07, 6.45) is 4.24. The van der Waals surface area contributed by atoms with Crippen LogP contribution in [0.4, 0.5) is 0 Å². The fourth-order valence-corrected chi connectivity index (χ4v) is 2.55. The van der Waals surface area contributed by atoms with Gasteiger partial charge in [-0.05, 0) is 46.5 Å². The van der Waals surface area contributed by atoms with E-state index in [0.717, 1.165) is 32.9 Å². The van der Waals surface area contributed by atoms with Crippen molar-refractivity contribution in [3.05, 3.63) is 45.6 Å². The number of hydrogen-bond donors (Lipinski definition) is 1. The lowest BCUT2D eigenvalue weighted by molar-refractivity contribution is 0.581. The van der Waals surface area contributed by atoms with Gasteiger partial charge in [-0.15, -0.1) is 0 Å². The van der Waals surface area contributed by atoms with E-state index in [-0.39, 0.29) is 0 Å². The normalized spacial score (nSPS) is 15.0. The van der Waals surface area contributed by atoms with Crippen molar-refractivity contribution in [1.82, 2.24) is 5.32 Å². The Morgan fingerprint density at radius 1 is 1.33 bits per heavy atom. The van der Waals surface area contributed by atoms with Crippen molar-refractivity contribution in [2.24, 2.45) is 0 Å². The molecule has 1 aromatic heterocycles. The van der Waals surface area contributed by atoms with E-state index in [0.29, 0.717) is 6.04 Å². The minimum atomic E-state index is 0.694. The Morgan fingerprint density at radius 3 is 2.78 bits per heavy atom. The van der Waals surface area contributed by atoms with E-state index in [1.165, 1.54) is 12.8 Å². The topological polar surface area (TPSA) is 25.2 Å². The van der Waals surface area contributed by atoms with Crippen molar-refractivity contribution in [3.8, 4) is 11.3 Å². The van der Waals surface area contributed by atoms with E-state index < -0.39 is 0 Å². The van der Waals surface area contributed by atoms with Crippen molar-refractivity contribution in [2.45, 2.75) is 25.4 Å². The molecule has 2 nitrogen and oxygen atoms in total. The molecule has 1 N–H and O–H groups in total. The van der Waals surface area contributed by atoms with Crippen molar-refractivity contribution in [3.63, 3.8) is 0 Å². The van der Waals surface area contributed by atoms with Crippen LogP contribution in [0.25, 0.3) is 11.3 Å². The molecular weight excluding hydrogens is 314 g/mol. The van der Waals surface area contributed by atoms with Gasteiger partial charge in [0.05, 0.1) is 10.7 Å². The maximum absolute atomic E-state index is 6.31. The van der Waals surface area contributed by atoms with Gasteiger partial charge in [-0.25, -0.2) is 0 Å². The Balaban J connectivity index is 1.81. The summed E-state index contributed by atoms with van der Waals surface area (Å²) in [5.74, 6) is 0.818. The van der Waals surface area contributed by atoms with Crippen molar-refractivity contribution >= 4 is 27.5 Å². The zero-order valence-electron chi connectivity index (χ0n) is 9.75. The molecule has 18 heavy (non-hydrogen) atoms. The molecule has 0 unspecified atom stereocenters. The van der Waals surface area contributed by atoms with Crippen LogP contribution in [0, 0.1) is 0 Å². The molecule has 1 aromatic carbocycles. The molecule has 1 fully saturated rings. The van der Waals surface area contributed by atoms with Gasteiger partial charge in [0.2, 0.25) is 0 Å². The first kappa shape index (κ1) is 12.3. The van der Waals surface area contributed by atoms with Crippen LogP contribution in [0.15, 0.2) is 39.4 Å². The van der Waals surface area contributed by atoms with Gasteiger partial charge in [0.25, 0.3) is 0 Å². The van der Waals surface area contributed by atoms with Gasteiger partial charge in [-0.3, -0.25) is 0 Å². The first-order chi connectivity index (χ1) is 8.74. The van der Waals surface area contributed by atoms with Crippen molar-refractivity contribution in [1.29, 1.82) is 0 Å². The molecule has 94 valence electrons. The molecule has 0 spiro atoms. The Bertz CT molecular complexity index is 563. The summed E-state index contributed by atoms with van der Waals surface area (Å²) in [5, 5.41) is 4.24. The number of furan rings is 1. The molecule has 1 heterocycles. The summed E-state index contributed by atoms with van der Waals surface area (Å²) in [4.78, 5) is 0. The first-order valence-electron chi connectivity index (χ1n) is 5.99. The third-order valence-electron chi connectivity index (χ3n) is 3.09. The van der Waals surface area contributed by atoms with Gasteiger partial charge in [0.15, 0.2) is 0 Å². The highest BCUT2D eigenvalue weighted by molar-refractivity contribution is 9.10. The van der Waals surface area contributed by atoms with Crippen LogP contribution < -0.4 is 5.32 Å². The molecule has 3 rings (SSSR count). The van der Waals surface area contributed by atoms with E-state index in [1.54, 1.807) is 6.26 Å². The van der Waals surface area contributed by atoms with E-state index in [4.69, 9.17) is 16.0 Å². The monoisotopic (exact) mass is 325 g/mol. The standard InChI is InChI=1S/C14H13BrClNO/c15-12-5-6-18-14(12)9-1-2-10(13(16)7-9)8-17-11-3-4-11/h1-2,5-7,11,17H,3-4,8H2. The quantitative estimate of drug-likeness (QED) is 0.887. The predicted octanol–water partition coefficient (Wildman–Crippen LogP) is 4.61. The highest BCUT2D eigenvalue weighted by Gasteiger charge is 2.20. The van der Waals surface area contributed by atoms with Crippen LogP contribution in [0.2, 0.25) is 5.02 Å². The van der Waals surface area contributed by atoms with Gasteiger partial charge in [-0.2, -0.15) is 0 Å². The molecule has 1 aliphatic carbocycles. The molecule has 1 saturated carbocycles. The number of halogens is 2. The maximum atomic E-state index is 6.31. The van der Waals surface area contributed by atoms with Crippen LogP contribution in [-0.2, 0) is 6.54 Å². The number of nitrogens with one attached hydrogen (secondary N) is 1. The maximum Gasteiger partial charge on any atom is 0.148 e. The number of hydrogen-bond acceptors (Lipinski definition) is 2. The lowest BCUT2D eigenvalue weighted by Crippen LogP contribution is -2.15. The highest BCUT2D eigenvalue weighted by Crippen LogP contribution is 2.32. The van der Waals surface area contributed by atoms with Gasteiger partial charge in [0.1, 0.15) is 5.76 Å². The third-order valence-corrected chi connectivity index (χ3v) is 4.07. The molecule has 0 radical (unpaired) electrons. The second-order valence-electron chi connectivity index (χ2n) is 4.56. The third kappa shape index (κ3) is 2.63. The Morgan fingerprint density at radius 2 is 2.17 bits per heavy atom. The number of benzene rings is 1. The fourth-order valence-electron chi connectivity index (χ4n) is 1.87. The fraction of sp³-hybridized carbons (Fsp3) is 0.286. The summed E-state index contributed by atoms with van der Waals surface area (Å²) in [7, 11) is 0. The predicted molar refractivity (Wildman–Crippen MR) is 76.7 cm³/mol. The Kier molecular flexibility index (Phi) is 3.46. The Hall–Kier alpha value is -0.770. The molecule has 0 amide bonds. The highest BCUT2D eigenvalue weighted by atomic mass is 79.9. The van der Waals surface area contributed by atoms with Crippen LogP contribution in [0.1, 0.15) is 18.4 Å². The average molecular weight is 327 g/mol. The van der Waals surface area contributed by atoms with Crippen LogP contribution in [-0.4, -0.2) is 6.04 Å². The zero-order chi connectivity index (χ0) is 12.5. The van der Waals surface area contributed by atoms with E-state index in [9.17, 15) is 0 Å². The van der Waals surface area contributed by atoms with Gasteiger partial charge < -0.3 is 9.73 Å². The van der Waals surface area contributed by atoms with Crippen LogP contribution >= 0.6 is 27.5 Å². The summed E-state index contributed by atoms with van der Waals surface area (Å²) >= 11 is 9.76. The van der Waals surface area contributed by atoms with Crippen LogP contribution in [0.3, 0.4) is 0 Å². The largest absolute Gasteiger partial charge is 0.463 e. The molecule has 0 aliphatic heterocycles. The lowest BCUT2D eigenvalue weighted by Gasteiger charge is -2.07. The Labute approximate surface area is 119 Å². The summed E-state index contributed by atoms with van der Waals surface area (Å²) in [6.45, 7) is 0.836. The summed E-state index contributed by atoms with van der Waals surface area (Å²) in [6, 6.07) is 8.63. The van der Waals surface area contributed by atoms with E-state index in [1.807, 2.05) is 18.2 Å². The summed E-state index contributed by atoms with van der Waals surface area (Å²) in [5.41, 5.74) is 2.13. The molecule has 1 aliphatic rings. The van der Waals surface area contributed by atoms with E-state index >= 15 is 0 Å². The second-order valence-corrected chi connectivity index (χ2v) is 5.82. The minimum Gasteiger partial charge on any atom is -0.463 e. The molecule has 0 bridgehead atoms. The smallest absolute Gasteiger partial charge is 0.148 e. The van der Waals surface area contributed by atoms with Crippen LogP contribution in [0.5, 0.6) is 0 Å². The molecule has 2 aromatic rings. The second kappa shape index (κ2) is 5.08. The zero-order valence-corrected chi connectivity index (χ0v) is 12.1. The first-order valence-corrected chi connectivity index (χ1v) is 7.16. The molecule has 0 saturated heterocycles. The molecule has 4 heteroatoms. The molecular formula is C14H13BrClNO.